The van der Waals surface area contributed by atoms with Crippen LogP contribution in [-0.2, 0) is 4.74 Å². The number of hydrogen-bond donors (Lipinski definition) is 1. The van der Waals surface area contributed by atoms with Crippen molar-refractivity contribution >= 4 is 34.0 Å². The van der Waals surface area contributed by atoms with Crippen LogP contribution >= 0.6 is 11.3 Å². The van der Waals surface area contributed by atoms with Gasteiger partial charge in [0, 0.05) is 45.3 Å². The summed E-state index contributed by atoms with van der Waals surface area (Å²) in [6.07, 6.45) is 1.62. The molecule has 0 unspecified atom stereocenters. The van der Waals surface area contributed by atoms with Gasteiger partial charge in [-0.05, 0) is 17.5 Å². The van der Waals surface area contributed by atoms with Crippen molar-refractivity contribution in [2.45, 2.75) is 0 Å². The maximum atomic E-state index is 12.3. The van der Waals surface area contributed by atoms with Crippen molar-refractivity contribution in [3.63, 3.8) is 0 Å². The molecule has 9 heteroatoms. The quantitative estimate of drug-likeness (QED) is 0.882. The van der Waals surface area contributed by atoms with Gasteiger partial charge in [0.2, 0.25) is 0 Å². The molecular formula is C17H22N6O2S. The summed E-state index contributed by atoms with van der Waals surface area (Å²) in [6.45, 7) is 6.05. The van der Waals surface area contributed by atoms with Crippen molar-refractivity contribution in [3.05, 3.63) is 29.9 Å². The molecule has 26 heavy (non-hydrogen) atoms. The highest BCUT2D eigenvalue weighted by molar-refractivity contribution is 7.14. The summed E-state index contributed by atoms with van der Waals surface area (Å²) < 4.78 is 5.40. The summed E-state index contributed by atoms with van der Waals surface area (Å²) in [5.41, 5.74) is 0. The summed E-state index contributed by atoms with van der Waals surface area (Å²) >= 11 is 1.53. The Morgan fingerprint density at radius 2 is 1.73 bits per heavy atom. The van der Waals surface area contributed by atoms with E-state index in [-0.39, 0.29) is 6.03 Å². The van der Waals surface area contributed by atoms with Gasteiger partial charge in [-0.1, -0.05) is 0 Å². The molecule has 138 valence electrons. The van der Waals surface area contributed by atoms with E-state index in [0.717, 1.165) is 56.0 Å². The van der Waals surface area contributed by atoms with Gasteiger partial charge < -0.3 is 19.4 Å². The Hall–Kier alpha value is -2.39. The lowest BCUT2D eigenvalue weighted by Gasteiger charge is -2.35. The number of carbonyl (C=O) groups excluding carboxylic acids is 1. The van der Waals surface area contributed by atoms with E-state index in [0.29, 0.717) is 13.1 Å². The molecule has 0 aromatic carbocycles. The van der Waals surface area contributed by atoms with E-state index >= 15 is 0 Å². The van der Waals surface area contributed by atoms with Crippen LogP contribution in [-0.4, -0.2) is 73.4 Å². The lowest BCUT2D eigenvalue weighted by molar-refractivity contribution is 0.122. The number of nitrogens with zero attached hydrogens (tertiary/aromatic N) is 5. The SMILES string of the molecule is O=C(Nc1cccs1)N1CCN(c2cc(N3CCOCC3)ncn2)CC1. The number of morpholine rings is 1. The van der Waals surface area contributed by atoms with Crippen molar-refractivity contribution in [2.24, 2.45) is 0 Å². The van der Waals surface area contributed by atoms with Crippen molar-refractivity contribution in [2.75, 3.05) is 67.6 Å². The largest absolute Gasteiger partial charge is 0.378 e. The molecule has 4 rings (SSSR count). The lowest BCUT2D eigenvalue weighted by atomic mass is 10.3. The Morgan fingerprint density at radius 3 is 2.38 bits per heavy atom. The second-order valence-electron chi connectivity index (χ2n) is 6.22. The summed E-state index contributed by atoms with van der Waals surface area (Å²) in [7, 11) is 0. The van der Waals surface area contributed by atoms with E-state index < -0.39 is 0 Å². The number of nitrogens with one attached hydrogen (secondary N) is 1. The fourth-order valence-electron chi connectivity index (χ4n) is 3.15. The first-order valence-corrected chi connectivity index (χ1v) is 9.67. The average molecular weight is 374 g/mol. The molecule has 1 N–H and O–H groups in total. The van der Waals surface area contributed by atoms with Crippen LogP contribution in [0.4, 0.5) is 21.4 Å². The van der Waals surface area contributed by atoms with E-state index in [1.807, 2.05) is 28.5 Å². The molecular weight excluding hydrogens is 352 g/mol. The molecule has 2 amide bonds. The zero-order chi connectivity index (χ0) is 17.8. The zero-order valence-corrected chi connectivity index (χ0v) is 15.3. The maximum Gasteiger partial charge on any atom is 0.322 e. The van der Waals surface area contributed by atoms with Crippen LogP contribution in [0.1, 0.15) is 0 Å². The number of anilines is 3. The van der Waals surface area contributed by atoms with Gasteiger partial charge in [-0.2, -0.15) is 0 Å². The molecule has 2 aromatic heterocycles. The molecule has 2 aromatic rings. The minimum Gasteiger partial charge on any atom is -0.378 e. The Balaban J connectivity index is 1.35. The highest BCUT2D eigenvalue weighted by Crippen LogP contribution is 2.20. The van der Waals surface area contributed by atoms with Crippen LogP contribution in [0, 0.1) is 0 Å². The van der Waals surface area contributed by atoms with Gasteiger partial charge in [0.05, 0.1) is 18.2 Å². The number of urea groups is 1. The molecule has 0 atom stereocenters. The third kappa shape index (κ3) is 3.88. The summed E-state index contributed by atoms with van der Waals surface area (Å²) in [4.78, 5) is 27.4. The van der Waals surface area contributed by atoms with Crippen LogP contribution in [0.15, 0.2) is 29.9 Å². The van der Waals surface area contributed by atoms with Crippen molar-refractivity contribution in [1.82, 2.24) is 14.9 Å². The Morgan fingerprint density at radius 1 is 1.04 bits per heavy atom. The van der Waals surface area contributed by atoms with Crippen molar-refractivity contribution in [3.8, 4) is 0 Å². The molecule has 2 fully saturated rings. The number of rotatable bonds is 3. The third-order valence-electron chi connectivity index (χ3n) is 4.62. The molecule has 4 heterocycles. The van der Waals surface area contributed by atoms with Crippen LogP contribution in [0.5, 0.6) is 0 Å². The van der Waals surface area contributed by atoms with Gasteiger partial charge in [-0.3, -0.25) is 5.32 Å². The summed E-state index contributed by atoms with van der Waals surface area (Å²) in [5.74, 6) is 1.86. The standard InChI is InChI=1S/C17H22N6O2S/c24-17(20-16-2-1-11-26-16)23-5-3-21(4-6-23)14-12-15(19-13-18-14)22-7-9-25-10-8-22/h1-2,11-13H,3-10H2,(H,20,24). The molecule has 0 saturated carbocycles. The smallest absolute Gasteiger partial charge is 0.322 e. The van der Waals surface area contributed by atoms with Gasteiger partial charge in [0.15, 0.2) is 0 Å². The number of amides is 2. The average Bonchev–Trinajstić information content (AvgIpc) is 3.22. The van der Waals surface area contributed by atoms with Gasteiger partial charge in [0.1, 0.15) is 18.0 Å². The highest BCUT2D eigenvalue weighted by Gasteiger charge is 2.23. The second-order valence-corrected chi connectivity index (χ2v) is 7.16. The summed E-state index contributed by atoms with van der Waals surface area (Å²) in [5, 5.41) is 5.77. The van der Waals surface area contributed by atoms with Crippen LogP contribution in [0.25, 0.3) is 0 Å². The number of thiophene rings is 1. The highest BCUT2D eigenvalue weighted by atomic mass is 32.1. The number of ether oxygens (including phenoxy) is 1. The molecule has 0 spiro atoms. The molecule has 0 radical (unpaired) electrons. The minimum atomic E-state index is -0.0382. The number of piperazine rings is 1. The fraction of sp³-hybridized carbons (Fsp3) is 0.471. The first-order chi connectivity index (χ1) is 12.8. The van der Waals surface area contributed by atoms with E-state index in [2.05, 4.69) is 25.1 Å². The normalized spacial score (nSPS) is 18.1. The number of aromatic nitrogens is 2. The minimum absolute atomic E-state index is 0.0382. The van der Waals surface area contributed by atoms with Gasteiger partial charge in [0.25, 0.3) is 0 Å². The molecule has 2 saturated heterocycles. The number of carbonyl (C=O) groups is 1. The van der Waals surface area contributed by atoms with E-state index in [1.165, 1.54) is 11.3 Å². The maximum absolute atomic E-state index is 12.3. The fourth-order valence-corrected chi connectivity index (χ4v) is 3.76. The number of hydrogen-bond acceptors (Lipinski definition) is 7. The van der Waals surface area contributed by atoms with Crippen LogP contribution in [0.3, 0.4) is 0 Å². The second kappa shape index (κ2) is 7.88. The molecule has 2 aliphatic rings. The van der Waals surface area contributed by atoms with Crippen LogP contribution < -0.4 is 15.1 Å². The van der Waals surface area contributed by atoms with E-state index in [4.69, 9.17) is 4.74 Å². The predicted octanol–water partition coefficient (Wildman–Crippen LogP) is 1.73. The molecule has 0 bridgehead atoms. The van der Waals surface area contributed by atoms with Crippen LogP contribution in [0.2, 0.25) is 0 Å². The predicted molar refractivity (Wildman–Crippen MR) is 102 cm³/mol. The zero-order valence-electron chi connectivity index (χ0n) is 14.5. The Kier molecular flexibility index (Phi) is 5.16. The third-order valence-corrected chi connectivity index (χ3v) is 5.40. The molecule has 0 aliphatic carbocycles. The Labute approximate surface area is 156 Å². The first kappa shape index (κ1) is 17.0. The van der Waals surface area contributed by atoms with E-state index in [9.17, 15) is 4.79 Å². The van der Waals surface area contributed by atoms with Gasteiger partial charge in [-0.25, -0.2) is 14.8 Å². The molecule has 8 nitrogen and oxygen atoms in total. The topological polar surface area (TPSA) is 73.8 Å². The van der Waals surface area contributed by atoms with Gasteiger partial charge in [-0.15, -0.1) is 11.3 Å². The monoisotopic (exact) mass is 374 g/mol. The van der Waals surface area contributed by atoms with Gasteiger partial charge >= 0.3 is 6.03 Å². The van der Waals surface area contributed by atoms with Crippen molar-refractivity contribution < 1.29 is 9.53 Å². The summed E-state index contributed by atoms with van der Waals surface area (Å²) in [6, 6.07) is 5.84. The lowest BCUT2D eigenvalue weighted by Crippen LogP contribution is -2.50. The Bertz CT molecular complexity index is 727. The van der Waals surface area contributed by atoms with E-state index in [1.54, 1.807) is 6.33 Å². The first-order valence-electron chi connectivity index (χ1n) is 8.79. The van der Waals surface area contributed by atoms with Crippen molar-refractivity contribution in [1.29, 1.82) is 0 Å². The molecule has 2 aliphatic heterocycles.